The highest BCUT2D eigenvalue weighted by molar-refractivity contribution is 5.81. The van der Waals surface area contributed by atoms with Crippen LogP contribution >= 0.6 is 0 Å². The van der Waals surface area contributed by atoms with Crippen molar-refractivity contribution in [1.82, 2.24) is 10.2 Å². The summed E-state index contributed by atoms with van der Waals surface area (Å²) in [6.45, 7) is 10.9. The molecule has 1 saturated heterocycles. The molecule has 1 amide bonds. The molecule has 1 aromatic rings. The van der Waals surface area contributed by atoms with Crippen molar-refractivity contribution in [1.29, 1.82) is 0 Å². The van der Waals surface area contributed by atoms with Crippen LogP contribution < -0.4 is 5.32 Å². The summed E-state index contributed by atoms with van der Waals surface area (Å²) in [5.41, 5.74) is 1.01. The summed E-state index contributed by atoms with van der Waals surface area (Å²) in [6, 6.07) is 10.9. The fourth-order valence-corrected chi connectivity index (χ4v) is 3.47. The highest BCUT2D eigenvalue weighted by Gasteiger charge is 2.34. The van der Waals surface area contributed by atoms with Gasteiger partial charge in [0.05, 0.1) is 0 Å². The second kappa shape index (κ2) is 7.96. The summed E-state index contributed by atoms with van der Waals surface area (Å²) in [5, 5.41) is 3.67. The van der Waals surface area contributed by atoms with Crippen LogP contribution in [0.3, 0.4) is 0 Å². The van der Waals surface area contributed by atoms with Gasteiger partial charge in [0.2, 0.25) is 5.91 Å². The minimum absolute atomic E-state index is 0.282. The molecule has 1 heterocycles. The third-order valence-electron chi connectivity index (χ3n) is 4.60. The van der Waals surface area contributed by atoms with E-state index in [0.29, 0.717) is 12.0 Å². The molecule has 0 spiro atoms. The van der Waals surface area contributed by atoms with E-state index in [4.69, 9.17) is 0 Å². The lowest BCUT2D eigenvalue weighted by molar-refractivity contribution is -0.142. The van der Waals surface area contributed by atoms with E-state index in [9.17, 15) is 4.79 Å². The number of benzene rings is 1. The standard InChI is InChI=1S/C20H32N2O/c1-5-9-17-12-18(21-13-16-10-7-6-8-11-16)15-22(14-17)19(23)20(2,3)4/h6-8,10-11,17-18,21H,5,9,12-15H2,1-4H3. The SMILES string of the molecule is CCCC1CC(NCc2ccccc2)CN(C(=O)C(C)(C)C)C1. The number of carbonyl (C=O) groups is 1. The quantitative estimate of drug-likeness (QED) is 0.895. The number of amides is 1. The van der Waals surface area contributed by atoms with Crippen molar-refractivity contribution in [3.05, 3.63) is 35.9 Å². The van der Waals surface area contributed by atoms with E-state index < -0.39 is 0 Å². The predicted molar refractivity (Wildman–Crippen MR) is 96.1 cm³/mol. The first-order chi connectivity index (χ1) is 10.9. The molecule has 1 N–H and O–H groups in total. The molecule has 0 saturated carbocycles. The maximum atomic E-state index is 12.7. The normalized spacial score (nSPS) is 22.2. The molecule has 0 radical (unpaired) electrons. The average Bonchev–Trinajstić information content (AvgIpc) is 2.52. The maximum Gasteiger partial charge on any atom is 0.228 e. The van der Waals surface area contributed by atoms with E-state index in [1.54, 1.807) is 0 Å². The summed E-state index contributed by atoms with van der Waals surface area (Å²) >= 11 is 0. The Morgan fingerprint density at radius 1 is 1.22 bits per heavy atom. The summed E-state index contributed by atoms with van der Waals surface area (Å²) in [5.74, 6) is 0.901. The van der Waals surface area contributed by atoms with Gasteiger partial charge in [-0.15, -0.1) is 0 Å². The summed E-state index contributed by atoms with van der Waals surface area (Å²) in [6.07, 6.45) is 3.57. The number of hydrogen-bond acceptors (Lipinski definition) is 2. The van der Waals surface area contributed by atoms with Crippen LogP contribution in [0.1, 0.15) is 52.5 Å². The van der Waals surface area contributed by atoms with Gasteiger partial charge in [0, 0.05) is 31.1 Å². The molecule has 128 valence electrons. The zero-order valence-corrected chi connectivity index (χ0v) is 15.1. The van der Waals surface area contributed by atoms with E-state index in [1.165, 1.54) is 24.8 Å². The summed E-state index contributed by atoms with van der Waals surface area (Å²) in [7, 11) is 0. The first-order valence-corrected chi connectivity index (χ1v) is 8.97. The van der Waals surface area contributed by atoms with Gasteiger partial charge in [0.25, 0.3) is 0 Å². The van der Waals surface area contributed by atoms with Crippen LogP contribution in [0, 0.1) is 11.3 Å². The number of rotatable bonds is 5. The molecule has 23 heavy (non-hydrogen) atoms. The number of piperidine rings is 1. The smallest absolute Gasteiger partial charge is 0.228 e. The van der Waals surface area contributed by atoms with Crippen molar-refractivity contribution in [2.45, 2.75) is 59.5 Å². The molecule has 0 aromatic heterocycles. The highest BCUT2D eigenvalue weighted by Crippen LogP contribution is 2.26. The Morgan fingerprint density at radius 2 is 1.91 bits per heavy atom. The van der Waals surface area contributed by atoms with E-state index in [2.05, 4.69) is 41.4 Å². The van der Waals surface area contributed by atoms with Crippen LogP contribution in [0.2, 0.25) is 0 Å². The Bertz CT molecular complexity index is 492. The maximum absolute atomic E-state index is 12.7. The molecule has 2 unspecified atom stereocenters. The van der Waals surface area contributed by atoms with Gasteiger partial charge in [-0.25, -0.2) is 0 Å². The molecule has 0 aliphatic carbocycles. The van der Waals surface area contributed by atoms with Gasteiger partial charge >= 0.3 is 0 Å². The summed E-state index contributed by atoms with van der Waals surface area (Å²) < 4.78 is 0. The molecule has 1 fully saturated rings. The van der Waals surface area contributed by atoms with Crippen molar-refractivity contribution in [2.75, 3.05) is 13.1 Å². The lowest BCUT2D eigenvalue weighted by atomic mass is 9.87. The first-order valence-electron chi connectivity index (χ1n) is 8.97. The fourth-order valence-electron chi connectivity index (χ4n) is 3.47. The van der Waals surface area contributed by atoms with Gasteiger partial charge in [-0.2, -0.15) is 0 Å². The molecule has 1 aliphatic rings. The Morgan fingerprint density at radius 3 is 2.52 bits per heavy atom. The Kier molecular flexibility index (Phi) is 6.23. The number of likely N-dealkylation sites (tertiary alicyclic amines) is 1. The van der Waals surface area contributed by atoms with E-state index >= 15 is 0 Å². The molecular formula is C20H32N2O. The summed E-state index contributed by atoms with van der Waals surface area (Å²) in [4.78, 5) is 14.8. The lowest BCUT2D eigenvalue weighted by Gasteiger charge is -2.41. The van der Waals surface area contributed by atoms with Crippen LogP contribution in [0.15, 0.2) is 30.3 Å². The molecule has 0 bridgehead atoms. The first kappa shape index (κ1) is 18.0. The third-order valence-corrected chi connectivity index (χ3v) is 4.60. The minimum Gasteiger partial charge on any atom is -0.340 e. The van der Waals surface area contributed by atoms with Gasteiger partial charge in [-0.3, -0.25) is 4.79 Å². The van der Waals surface area contributed by atoms with Crippen LogP contribution in [-0.2, 0) is 11.3 Å². The lowest BCUT2D eigenvalue weighted by Crippen LogP contribution is -2.53. The van der Waals surface area contributed by atoms with E-state index in [1.807, 2.05) is 26.8 Å². The number of hydrogen-bond donors (Lipinski definition) is 1. The van der Waals surface area contributed by atoms with Crippen molar-refractivity contribution in [2.24, 2.45) is 11.3 Å². The average molecular weight is 316 g/mol. The van der Waals surface area contributed by atoms with Gasteiger partial charge in [0.1, 0.15) is 0 Å². The number of nitrogens with one attached hydrogen (secondary N) is 1. The number of carbonyl (C=O) groups excluding carboxylic acids is 1. The fraction of sp³-hybridized carbons (Fsp3) is 0.650. The molecule has 3 nitrogen and oxygen atoms in total. The van der Waals surface area contributed by atoms with Crippen LogP contribution in [0.5, 0.6) is 0 Å². The van der Waals surface area contributed by atoms with Gasteiger partial charge in [0.15, 0.2) is 0 Å². The van der Waals surface area contributed by atoms with Crippen LogP contribution in [0.4, 0.5) is 0 Å². The van der Waals surface area contributed by atoms with E-state index in [-0.39, 0.29) is 11.3 Å². The Hall–Kier alpha value is -1.35. The molecular weight excluding hydrogens is 284 g/mol. The van der Waals surface area contributed by atoms with E-state index in [0.717, 1.165) is 19.6 Å². The predicted octanol–water partition coefficient (Wildman–Crippen LogP) is 3.84. The monoisotopic (exact) mass is 316 g/mol. The zero-order valence-electron chi connectivity index (χ0n) is 15.1. The van der Waals surface area contributed by atoms with Crippen LogP contribution in [0.25, 0.3) is 0 Å². The third kappa shape index (κ3) is 5.35. The highest BCUT2D eigenvalue weighted by atomic mass is 16.2. The molecule has 2 rings (SSSR count). The molecule has 1 aromatic carbocycles. The second-order valence-electron chi connectivity index (χ2n) is 7.91. The Labute approximate surface area is 141 Å². The number of nitrogens with zero attached hydrogens (tertiary/aromatic N) is 1. The van der Waals surface area contributed by atoms with Gasteiger partial charge < -0.3 is 10.2 Å². The second-order valence-corrected chi connectivity index (χ2v) is 7.91. The van der Waals surface area contributed by atoms with Crippen molar-refractivity contribution >= 4 is 5.91 Å². The largest absolute Gasteiger partial charge is 0.340 e. The van der Waals surface area contributed by atoms with Crippen molar-refractivity contribution in [3.63, 3.8) is 0 Å². The van der Waals surface area contributed by atoms with Gasteiger partial charge in [-0.1, -0.05) is 64.4 Å². The topological polar surface area (TPSA) is 32.3 Å². The zero-order chi connectivity index (χ0) is 16.9. The minimum atomic E-state index is -0.294. The van der Waals surface area contributed by atoms with Gasteiger partial charge in [-0.05, 0) is 24.3 Å². The van der Waals surface area contributed by atoms with Crippen molar-refractivity contribution in [3.8, 4) is 0 Å². The molecule has 2 atom stereocenters. The van der Waals surface area contributed by atoms with Crippen molar-refractivity contribution < 1.29 is 4.79 Å². The van der Waals surface area contributed by atoms with Crippen LogP contribution in [-0.4, -0.2) is 29.9 Å². The molecule has 3 heteroatoms. The molecule has 1 aliphatic heterocycles. The Balaban J connectivity index is 1.99.